The summed E-state index contributed by atoms with van der Waals surface area (Å²) in [6.45, 7) is 0. The zero-order valence-corrected chi connectivity index (χ0v) is 13.4. The van der Waals surface area contributed by atoms with Crippen LogP contribution in [0, 0.1) is 5.82 Å². The number of ketones is 2. The summed E-state index contributed by atoms with van der Waals surface area (Å²) in [4.78, 5) is 39.2. The van der Waals surface area contributed by atoms with Crippen LogP contribution in [0.1, 0.15) is 28.3 Å². The van der Waals surface area contributed by atoms with Gasteiger partial charge in [0.2, 0.25) is 17.5 Å². The standard InChI is InChI=1S/C17H13FN4O4/c18-11-3-1-10(2-4-11)7-12-5-6-15(26-12)13(23)8-14(24)16(25)21-17-19-9-20-22-17/h1-6,9H,7-8H2,(H2,19,20,21,22,25). The number of carbonyl (C=O) groups is 3. The summed E-state index contributed by atoms with van der Waals surface area (Å²) in [6, 6.07) is 8.90. The molecule has 2 N–H and O–H groups in total. The lowest BCUT2D eigenvalue weighted by atomic mass is 10.1. The second kappa shape index (κ2) is 7.51. The van der Waals surface area contributed by atoms with Gasteiger partial charge in [-0.3, -0.25) is 19.7 Å². The second-order valence-corrected chi connectivity index (χ2v) is 5.38. The number of benzene rings is 1. The minimum absolute atomic E-state index is 0.00961. The summed E-state index contributed by atoms with van der Waals surface area (Å²) in [5.41, 5.74) is 0.808. The van der Waals surface area contributed by atoms with E-state index in [4.69, 9.17) is 4.42 Å². The number of Topliss-reactive ketones (excluding diaryl/α,β-unsaturated/α-hetero) is 2. The van der Waals surface area contributed by atoms with Crippen molar-refractivity contribution in [3.05, 3.63) is 65.6 Å². The van der Waals surface area contributed by atoms with Crippen LogP contribution in [0.5, 0.6) is 0 Å². The number of carbonyl (C=O) groups excluding carboxylic acids is 3. The van der Waals surface area contributed by atoms with E-state index in [1.54, 1.807) is 18.2 Å². The van der Waals surface area contributed by atoms with Crippen LogP contribution in [0.4, 0.5) is 10.3 Å². The monoisotopic (exact) mass is 356 g/mol. The number of halogens is 1. The van der Waals surface area contributed by atoms with Gasteiger partial charge in [0, 0.05) is 6.42 Å². The predicted octanol–water partition coefficient (Wildman–Crippen LogP) is 1.91. The van der Waals surface area contributed by atoms with Crippen molar-refractivity contribution < 1.29 is 23.2 Å². The molecule has 2 aromatic heterocycles. The molecule has 2 heterocycles. The molecule has 0 saturated heterocycles. The first-order valence-corrected chi connectivity index (χ1v) is 7.57. The summed E-state index contributed by atoms with van der Waals surface area (Å²) in [7, 11) is 0. The number of anilines is 1. The van der Waals surface area contributed by atoms with E-state index in [2.05, 4.69) is 20.5 Å². The fraction of sp³-hybridized carbons (Fsp3) is 0.118. The van der Waals surface area contributed by atoms with Gasteiger partial charge in [-0.15, -0.1) is 0 Å². The topological polar surface area (TPSA) is 118 Å². The number of rotatable bonds is 7. The van der Waals surface area contributed by atoms with Gasteiger partial charge in [-0.2, -0.15) is 10.1 Å². The van der Waals surface area contributed by atoms with Crippen LogP contribution in [0.15, 0.2) is 47.1 Å². The Bertz CT molecular complexity index is 932. The molecule has 0 aliphatic rings. The van der Waals surface area contributed by atoms with Crippen molar-refractivity contribution in [2.45, 2.75) is 12.8 Å². The molecule has 0 spiro atoms. The van der Waals surface area contributed by atoms with Crippen molar-refractivity contribution in [3.63, 3.8) is 0 Å². The zero-order valence-electron chi connectivity index (χ0n) is 13.4. The SMILES string of the molecule is O=C(CC(=O)c1ccc(Cc2ccc(F)cc2)o1)C(=O)Nc1ncn[nH]1. The van der Waals surface area contributed by atoms with E-state index >= 15 is 0 Å². The average molecular weight is 356 g/mol. The number of amides is 1. The Balaban J connectivity index is 1.58. The zero-order chi connectivity index (χ0) is 18.5. The Morgan fingerprint density at radius 3 is 2.58 bits per heavy atom. The molecule has 26 heavy (non-hydrogen) atoms. The number of H-pyrrole nitrogens is 1. The van der Waals surface area contributed by atoms with Crippen LogP contribution in [-0.4, -0.2) is 32.7 Å². The first-order valence-electron chi connectivity index (χ1n) is 7.57. The van der Waals surface area contributed by atoms with Gasteiger partial charge in [-0.1, -0.05) is 12.1 Å². The molecule has 0 bridgehead atoms. The highest BCUT2D eigenvalue weighted by Crippen LogP contribution is 2.15. The lowest BCUT2D eigenvalue weighted by Crippen LogP contribution is -2.25. The molecule has 0 atom stereocenters. The first kappa shape index (κ1) is 17.2. The average Bonchev–Trinajstić information content (AvgIpc) is 3.29. The number of hydrogen-bond donors (Lipinski definition) is 2. The lowest BCUT2D eigenvalue weighted by molar-refractivity contribution is -0.134. The second-order valence-electron chi connectivity index (χ2n) is 5.38. The van der Waals surface area contributed by atoms with E-state index in [-0.39, 0.29) is 17.5 Å². The van der Waals surface area contributed by atoms with Crippen molar-refractivity contribution in [1.82, 2.24) is 15.2 Å². The van der Waals surface area contributed by atoms with Crippen LogP contribution in [0.25, 0.3) is 0 Å². The third kappa shape index (κ3) is 4.26. The highest BCUT2D eigenvalue weighted by atomic mass is 19.1. The number of hydrogen-bond acceptors (Lipinski definition) is 6. The fourth-order valence-electron chi connectivity index (χ4n) is 2.18. The Labute approximate surface area is 146 Å². The quantitative estimate of drug-likeness (QED) is 0.379. The van der Waals surface area contributed by atoms with Crippen LogP contribution in [0.3, 0.4) is 0 Å². The molecule has 1 aromatic carbocycles. The van der Waals surface area contributed by atoms with E-state index in [0.29, 0.717) is 12.2 Å². The third-order valence-electron chi connectivity index (χ3n) is 3.45. The number of nitrogens with zero attached hydrogens (tertiary/aromatic N) is 2. The van der Waals surface area contributed by atoms with Crippen LogP contribution in [0.2, 0.25) is 0 Å². The summed E-state index contributed by atoms with van der Waals surface area (Å²) in [6.07, 6.45) is 0.897. The fourth-order valence-corrected chi connectivity index (χ4v) is 2.18. The highest BCUT2D eigenvalue weighted by Gasteiger charge is 2.22. The molecule has 0 radical (unpaired) electrons. The van der Waals surface area contributed by atoms with E-state index in [1.165, 1.54) is 18.2 Å². The van der Waals surface area contributed by atoms with Gasteiger partial charge in [0.1, 0.15) is 17.9 Å². The minimum Gasteiger partial charge on any atom is -0.458 e. The molecule has 3 rings (SSSR count). The first-order chi connectivity index (χ1) is 12.5. The van der Waals surface area contributed by atoms with Crippen LogP contribution < -0.4 is 5.32 Å². The van der Waals surface area contributed by atoms with Gasteiger partial charge in [0.15, 0.2) is 5.76 Å². The Hall–Kier alpha value is -3.62. The van der Waals surface area contributed by atoms with E-state index in [9.17, 15) is 18.8 Å². The molecule has 8 nitrogen and oxygen atoms in total. The number of furan rings is 1. The number of aromatic nitrogens is 3. The van der Waals surface area contributed by atoms with Crippen molar-refractivity contribution in [2.75, 3.05) is 5.32 Å². The molecule has 9 heteroatoms. The Morgan fingerprint density at radius 2 is 1.88 bits per heavy atom. The molecular weight excluding hydrogens is 343 g/mol. The van der Waals surface area contributed by atoms with Gasteiger partial charge < -0.3 is 4.42 Å². The lowest BCUT2D eigenvalue weighted by Gasteiger charge is -2.00. The third-order valence-corrected chi connectivity index (χ3v) is 3.45. The maximum atomic E-state index is 12.9. The number of nitrogens with one attached hydrogen (secondary N) is 2. The number of aromatic amines is 1. The molecule has 0 unspecified atom stereocenters. The van der Waals surface area contributed by atoms with Crippen molar-refractivity contribution in [1.29, 1.82) is 0 Å². The van der Waals surface area contributed by atoms with E-state index in [0.717, 1.165) is 11.9 Å². The van der Waals surface area contributed by atoms with E-state index in [1.807, 2.05) is 0 Å². The summed E-state index contributed by atoms with van der Waals surface area (Å²) >= 11 is 0. The molecule has 0 fully saturated rings. The smallest absolute Gasteiger partial charge is 0.294 e. The molecule has 1 amide bonds. The summed E-state index contributed by atoms with van der Waals surface area (Å²) in [5, 5.41) is 8.08. The van der Waals surface area contributed by atoms with Crippen LogP contribution in [-0.2, 0) is 16.0 Å². The highest BCUT2D eigenvalue weighted by molar-refractivity contribution is 6.43. The van der Waals surface area contributed by atoms with Gasteiger partial charge in [0.25, 0.3) is 5.91 Å². The summed E-state index contributed by atoms with van der Waals surface area (Å²) in [5.74, 6) is -2.40. The van der Waals surface area contributed by atoms with Gasteiger partial charge in [-0.25, -0.2) is 9.49 Å². The molecule has 3 aromatic rings. The molecule has 0 aliphatic carbocycles. The molecular formula is C17H13FN4O4. The van der Waals surface area contributed by atoms with E-state index < -0.39 is 23.9 Å². The van der Waals surface area contributed by atoms with Crippen molar-refractivity contribution >= 4 is 23.4 Å². The molecule has 132 valence electrons. The Morgan fingerprint density at radius 1 is 1.12 bits per heavy atom. The maximum absolute atomic E-state index is 12.9. The van der Waals surface area contributed by atoms with Crippen molar-refractivity contribution in [3.8, 4) is 0 Å². The normalized spacial score (nSPS) is 10.5. The van der Waals surface area contributed by atoms with Gasteiger partial charge in [-0.05, 0) is 29.8 Å². The summed E-state index contributed by atoms with van der Waals surface area (Å²) < 4.78 is 18.3. The van der Waals surface area contributed by atoms with Gasteiger partial charge in [0.05, 0.1) is 6.42 Å². The Kier molecular flexibility index (Phi) is 4.97. The van der Waals surface area contributed by atoms with Crippen LogP contribution >= 0.6 is 0 Å². The largest absolute Gasteiger partial charge is 0.458 e. The molecule has 0 saturated carbocycles. The van der Waals surface area contributed by atoms with Gasteiger partial charge >= 0.3 is 0 Å². The minimum atomic E-state index is -0.979. The van der Waals surface area contributed by atoms with Crippen molar-refractivity contribution in [2.24, 2.45) is 0 Å². The molecule has 0 aliphatic heterocycles. The predicted molar refractivity (Wildman–Crippen MR) is 86.9 cm³/mol. The maximum Gasteiger partial charge on any atom is 0.294 e.